The van der Waals surface area contributed by atoms with Gasteiger partial charge in [-0.25, -0.2) is 4.98 Å². The van der Waals surface area contributed by atoms with E-state index < -0.39 is 4.92 Å². The summed E-state index contributed by atoms with van der Waals surface area (Å²) in [5, 5.41) is 17.7. The van der Waals surface area contributed by atoms with Gasteiger partial charge in [0.05, 0.1) is 4.92 Å². The maximum Gasteiger partial charge on any atom is 0.270 e. The van der Waals surface area contributed by atoms with Crippen LogP contribution in [0.15, 0.2) is 54.6 Å². The van der Waals surface area contributed by atoms with E-state index in [9.17, 15) is 10.1 Å². The number of non-ortho nitro benzene ring substituents is 1. The van der Waals surface area contributed by atoms with Crippen molar-refractivity contribution in [3.8, 4) is 22.8 Å². The van der Waals surface area contributed by atoms with Gasteiger partial charge in [-0.2, -0.15) is 5.10 Å². The Morgan fingerprint density at radius 1 is 1.00 bits per heavy atom. The van der Waals surface area contributed by atoms with E-state index in [0.29, 0.717) is 17.2 Å². The van der Waals surface area contributed by atoms with Gasteiger partial charge >= 0.3 is 0 Å². The molecule has 98 valence electrons. The number of aromatic amines is 1. The van der Waals surface area contributed by atoms with E-state index in [1.165, 1.54) is 12.1 Å². The number of hydrogen-bond acceptors (Lipinski definition) is 4. The lowest BCUT2D eigenvalue weighted by Gasteiger charge is -1.96. The minimum absolute atomic E-state index is 0.0279. The molecule has 1 heterocycles. The van der Waals surface area contributed by atoms with Gasteiger partial charge in [-0.3, -0.25) is 15.2 Å². The molecule has 6 nitrogen and oxygen atoms in total. The first-order valence-corrected chi connectivity index (χ1v) is 5.97. The van der Waals surface area contributed by atoms with Crippen LogP contribution in [0.25, 0.3) is 22.8 Å². The van der Waals surface area contributed by atoms with Gasteiger partial charge in [0.25, 0.3) is 5.69 Å². The van der Waals surface area contributed by atoms with Crippen LogP contribution >= 0.6 is 0 Å². The molecule has 0 saturated heterocycles. The lowest BCUT2D eigenvalue weighted by molar-refractivity contribution is -0.384. The number of benzene rings is 2. The maximum absolute atomic E-state index is 10.8. The Morgan fingerprint density at radius 3 is 2.50 bits per heavy atom. The van der Waals surface area contributed by atoms with Crippen molar-refractivity contribution in [3.63, 3.8) is 0 Å². The molecule has 0 aliphatic rings. The second-order valence-electron chi connectivity index (χ2n) is 4.18. The highest BCUT2D eigenvalue weighted by Gasteiger charge is 2.11. The molecule has 0 unspecified atom stereocenters. The number of nitrogens with zero attached hydrogens (tertiary/aromatic N) is 3. The Morgan fingerprint density at radius 2 is 1.75 bits per heavy atom. The molecular formula is C14H10N4O2. The van der Waals surface area contributed by atoms with Crippen molar-refractivity contribution in [1.29, 1.82) is 0 Å². The van der Waals surface area contributed by atoms with Gasteiger partial charge < -0.3 is 0 Å². The molecule has 0 aliphatic heterocycles. The minimum Gasteiger partial charge on any atom is -0.259 e. The van der Waals surface area contributed by atoms with Gasteiger partial charge in [0.2, 0.25) is 0 Å². The minimum atomic E-state index is -0.433. The average molecular weight is 266 g/mol. The molecule has 0 saturated carbocycles. The number of aromatic nitrogens is 3. The SMILES string of the molecule is O=[N+]([O-])c1cccc(-c2nc(-c3ccccc3)n[nH]2)c1. The second kappa shape index (κ2) is 4.93. The molecule has 0 fully saturated rings. The van der Waals surface area contributed by atoms with Gasteiger partial charge in [0.1, 0.15) is 0 Å². The van der Waals surface area contributed by atoms with Crippen molar-refractivity contribution in [2.45, 2.75) is 0 Å². The predicted molar refractivity (Wildman–Crippen MR) is 73.9 cm³/mol. The monoisotopic (exact) mass is 266 g/mol. The highest BCUT2D eigenvalue weighted by atomic mass is 16.6. The van der Waals surface area contributed by atoms with E-state index in [0.717, 1.165) is 5.56 Å². The third kappa shape index (κ3) is 2.26. The van der Waals surface area contributed by atoms with Crippen LogP contribution in [0.5, 0.6) is 0 Å². The van der Waals surface area contributed by atoms with Crippen molar-refractivity contribution in [2.75, 3.05) is 0 Å². The molecule has 0 atom stereocenters. The molecule has 0 radical (unpaired) electrons. The number of nitro groups is 1. The number of nitro benzene ring substituents is 1. The zero-order chi connectivity index (χ0) is 13.9. The van der Waals surface area contributed by atoms with Crippen LogP contribution in [-0.2, 0) is 0 Å². The molecule has 1 N–H and O–H groups in total. The zero-order valence-corrected chi connectivity index (χ0v) is 10.4. The Hall–Kier alpha value is -3.02. The van der Waals surface area contributed by atoms with Crippen molar-refractivity contribution < 1.29 is 4.92 Å². The first-order chi connectivity index (χ1) is 9.74. The van der Waals surface area contributed by atoms with E-state index in [2.05, 4.69) is 15.2 Å². The Balaban J connectivity index is 1.98. The van der Waals surface area contributed by atoms with E-state index in [1.807, 2.05) is 30.3 Å². The molecule has 3 aromatic rings. The highest BCUT2D eigenvalue weighted by molar-refractivity contribution is 5.63. The van der Waals surface area contributed by atoms with Gasteiger partial charge in [-0.1, -0.05) is 42.5 Å². The predicted octanol–water partition coefficient (Wildman–Crippen LogP) is 3.05. The third-order valence-corrected chi connectivity index (χ3v) is 2.85. The third-order valence-electron chi connectivity index (χ3n) is 2.85. The Labute approximate surface area is 114 Å². The number of hydrogen-bond donors (Lipinski definition) is 1. The van der Waals surface area contributed by atoms with E-state index >= 15 is 0 Å². The van der Waals surface area contributed by atoms with Crippen molar-refractivity contribution >= 4 is 5.69 Å². The molecule has 6 heteroatoms. The summed E-state index contributed by atoms with van der Waals surface area (Å²) in [6.45, 7) is 0. The summed E-state index contributed by atoms with van der Waals surface area (Å²) in [6.07, 6.45) is 0. The Kier molecular flexibility index (Phi) is 2.96. The normalized spacial score (nSPS) is 10.4. The fourth-order valence-electron chi connectivity index (χ4n) is 1.87. The summed E-state index contributed by atoms with van der Waals surface area (Å²) in [4.78, 5) is 14.7. The molecule has 2 aromatic carbocycles. The summed E-state index contributed by atoms with van der Waals surface area (Å²) < 4.78 is 0. The first-order valence-electron chi connectivity index (χ1n) is 5.97. The van der Waals surface area contributed by atoms with Crippen LogP contribution < -0.4 is 0 Å². The fourth-order valence-corrected chi connectivity index (χ4v) is 1.87. The van der Waals surface area contributed by atoms with Gasteiger partial charge in [0, 0.05) is 23.3 Å². The summed E-state index contributed by atoms with van der Waals surface area (Å²) >= 11 is 0. The van der Waals surface area contributed by atoms with Crippen molar-refractivity contribution in [1.82, 2.24) is 15.2 Å². The summed E-state index contributed by atoms with van der Waals surface area (Å²) in [5.74, 6) is 1.07. The lowest BCUT2D eigenvalue weighted by Crippen LogP contribution is -1.88. The number of nitrogens with one attached hydrogen (secondary N) is 1. The van der Waals surface area contributed by atoms with Crippen LogP contribution in [0.4, 0.5) is 5.69 Å². The molecule has 0 bridgehead atoms. The van der Waals surface area contributed by atoms with Crippen molar-refractivity contribution in [2.24, 2.45) is 0 Å². The smallest absolute Gasteiger partial charge is 0.259 e. The Bertz CT molecular complexity index is 753. The van der Waals surface area contributed by atoms with E-state index in [-0.39, 0.29) is 5.69 Å². The average Bonchev–Trinajstić information content (AvgIpc) is 2.98. The highest BCUT2D eigenvalue weighted by Crippen LogP contribution is 2.23. The van der Waals surface area contributed by atoms with Crippen LogP contribution in [-0.4, -0.2) is 20.1 Å². The van der Waals surface area contributed by atoms with Crippen LogP contribution in [0.3, 0.4) is 0 Å². The van der Waals surface area contributed by atoms with E-state index in [4.69, 9.17) is 0 Å². The maximum atomic E-state index is 10.8. The van der Waals surface area contributed by atoms with Crippen molar-refractivity contribution in [3.05, 3.63) is 64.7 Å². The number of rotatable bonds is 3. The zero-order valence-electron chi connectivity index (χ0n) is 10.4. The van der Waals surface area contributed by atoms with Crippen LogP contribution in [0, 0.1) is 10.1 Å². The molecule has 0 amide bonds. The molecule has 3 rings (SSSR count). The lowest BCUT2D eigenvalue weighted by atomic mass is 10.2. The summed E-state index contributed by atoms with van der Waals surface area (Å²) in [6, 6.07) is 15.8. The van der Waals surface area contributed by atoms with Crippen LogP contribution in [0.1, 0.15) is 0 Å². The summed E-state index contributed by atoms with van der Waals surface area (Å²) in [5.41, 5.74) is 1.55. The second-order valence-corrected chi connectivity index (χ2v) is 4.18. The standard InChI is InChI=1S/C14H10N4O2/c19-18(20)12-8-4-7-11(9-12)14-15-13(16-17-14)10-5-2-1-3-6-10/h1-9H,(H,15,16,17). The quantitative estimate of drug-likeness (QED) is 0.583. The fraction of sp³-hybridized carbons (Fsp3) is 0. The molecule has 0 spiro atoms. The first kappa shape index (κ1) is 12.0. The largest absolute Gasteiger partial charge is 0.270 e. The molecule has 0 aliphatic carbocycles. The molecular weight excluding hydrogens is 256 g/mol. The van der Waals surface area contributed by atoms with Gasteiger partial charge in [-0.15, -0.1) is 0 Å². The number of H-pyrrole nitrogens is 1. The van der Waals surface area contributed by atoms with Crippen LogP contribution in [0.2, 0.25) is 0 Å². The van der Waals surface area contributed by atoms with Gasteiger partial charge in [0.15, 0.2) is 11.6 Å². The molecule has 20 heavy (non-hydrogen) atoms. The summed E-state index contributed by atoms with van der Waals surface area (Å²) in [7, 11) is 0. The topological polar surface area (TPSA) is 84.7 Å². The molecule has 1 aromatic heterocycles. The van der Waals surface area contributed by atoms with Gasteiger partial charge in [-0.05, 0) is 0 Å². The van der Waals surface area contributed by atoms with E-state index in [1.54, 1.807) is 12.1 Å².